The number of aromatic nitrogens is 2. The summed E-state index contributed by atoms with van der Waals surface area (Å²) in [5, 5.41) is 7.65. The first-order chi connectivity index (χ1) is 10.3. The van der Waals surface area contributed by atoms with E-state index in [1.165, 1.54) is 0 Å². The van der Waals surface area contributed by atoms with E-state index in [0.29, 0.717) is 17.9 Å². The Morgan fingerprint density at radius 2 is 1.62 bits per heavy atom. The zero-order valence-electron chi connectivity index (χ0n) is 11.7. The number of rotatable bonds is 4. The number of hydrogen-bond acceptors (Lipinski definition) is 3. The van der Waals surface area contributed by atoms with Crippen LogP contribution >= 0.6 is 0 Å². The van der Waals surface area contributed by atoms with Gasteiger partial charge in [0.15, 0.2) is 5.69 Å². The van der Waals surface area contributed by atoms with Crippen molar-refractivity contribution in [1.82, 2.24) is 9.78 Å². The minimum atomic E-state index is 0.414. The molecule has 0 N–H and O–H groups in total. The lowest BCUT2D eigenvalue weighted by molar-refractivity contribution is 0.687. The molecule has 0 amide bonds. The van der Waals surface area contributed by atoms with Gasteiger partial charge in [0, 0.05) is 5.56 Å². The van der Waals surface area contributed by atoms with E-state index in [-0.39, 0.29) is 0 Å². The molecule has 0 saturated carbocycles. The van der Waals surface area contributed by atoms with Gasteiger partial charge in [-0.2, -0.15) is 5.10 Å². The summed E-state index contributed by atoms with van der Waals surface area (Å²) in [5.41, 5.74) is 3.92. The van der Waals surface area contributed by atoms with Crippen LogP contribution < -0.4 is 0 Å². The van der Waals surface area contributed by atoms with Crippen LogP contribution in [0.5, 0.6) is 0 Å². The van der Waals surface area contributed by atoms with Gasteiger partial charge in [-0.05, 0) is 17.7 Å². The SMILES string of the molecule is Cc1nn(Cc2ccccc2)c(-c2ccccc2)c1N=O. The molecule has 21 heavy (non-hydrogen) atoms. The van der Waals surface area contributed by atoms with E-state index in [4.69, 9.17) is 0 Å². The molecule has 0 aliphatic rings. The van der Waals surface area contributed by atoms with E-state index in [2.05, 4.69) is 10.3 Å². The second kappa shape index (κ2) is 5.71. The lowest BCUT2D eigenvalue weighted by Gasteiger charge is -2.08. The highest BCUT2D eigenvalue weighted by molar-refractivity contribution is 5.74. The van der Waals surface area contributed by atoms with Crippen molar-refractivity contribution in [2.45, 2.75) is 13.5 Å². The van der Waals surface area contributed by atoms with Crippen molar-refractivity contribution in [1.29, 1.82) is 0 Å². The fourth-order valence-corrected chi connectivity index (χ4v) is 2.43. The van der Waals surface area contributed by atoms with Gasteiger partial charge < -0.3 is 0 Å². The Morgan fingerprint density at radius 1 is 1.00 bits per heavy atom. The van der Waals surface area contributed by atoms with E-state index in [1.807, 2.05) is 72.3 Å². The van der Waals surface area contributed by atoms with Crippen molar-refractivity contribution in [3.05, 3.63) is 76.8 Å². The first-order valence-corrected chi connectivity index (χ1v) is 6.79. The van der Waals surface area contributed by atoms with Crippen molar-refractivity contribution in [2.24, 2.45) is 5.18 Å². The van der Waals surface area contributed by atoms with Gasteiger partial charge in [-0.3, -0.25) is 4.68 Å². The fraction of sp³-hybridized carbons (Fsp3) is 0.118. The third-order valence-electron chi connectivity index (χ3n) is 3.41. The van der Waals surface area contributed by atoms with Gasteiger partial charge >= 0.3 is 0 Å². The summed E-state index contributed by atoms with van der Waals surface area (Å²) in [6.07, 6.45) is 0. The number of hydrogen-bond donors (Lipinski definition) is 0. The molecule has 3 rings (SSSR count). The molecule has 0 atom stereocenters. The van der Waals surface area contributed by atoms with Gasteiger partial charge in [-0.25, -0.2) is 0 Å². The summed E-state index contributed by atoms with van der Waals surface area (Å²) < 4.78 is 1.84. The van der Waals surface area contributed by atoms with Crippen molar-refractivity contribution < 1.29 is 0 Å². The van der Waals surface area contributed by atoms with Crippen molar-refractivity contribution in [2.75, 3.05) is 0 Å². The average molecular weight is 277 g/mol. The summed E-state index contributed by atoms with van der Waals surface area (Å²) in [4.78, 5) is 11.2. The maximum Gasteiger partial charge on any atom is 0.156 e. The maximum atomic E-state index is 11.2. The van der Waals surface area contributed by atoms with Crippen LogP contribution in [0.25, 0.3) is 11.3 Å². The Morgan fingerprint density at radius 3 is 2.24 bits per heavy atom. The highest BCUT2D eigenvalue weighted by Crippen LogP contribution is 2.33. The van der Waals surface area contributed by atoms with Crippen molar-refractivity contribution in [3.63, 3.8) is 0 Å². The van der Waals surface area contributed by atoms with Gasteiger partial charge in [0.1, 0.15) is 0 Å². The van der Waals surface area contributed by atoms with Crippen LogP contribution in [-0.2, 0) is 6.54 Å². The van der Waals surface area contributed by atoms with Crippen LogP contribution in [0.15, 0.2) is 65.8 Å². The molecule has 4 heteroatoms. The summed E-state index contributed by atoms with van der Waals surface area (Å²) >= 11 is 0. The molecule has 0 aliphatic carbocycles. The summed E-state index contributed by atoms with van der Waals surface area (Å²) in [6, 6.07) is 19.8. The summed E-state index contributed by atoms with van der Waals surface area (Å²) in [5.74, 6) is 0. The molecule has 0 unspecified atom stereocenters. The first-order valence-electron chi connectivity index (χ1n) is 6.79. The molecule has 0 bridgehead atoms. The van der Waals surface area contributed by atoms with Crippen LogP contribution in [0.3, 0.4) is 0 Å². The van der Waals surface area contributed by atoms with Gasteiger partial charge in [0.05, 0.1) is 17.9 Å². The van der Waals surface area contributed by atoms with Crippen LogP contribution in [0, 0.1) is 11.8 Å². The Labute approximate surface area is 123 Å². The molecule has 0 aliphatic heterocycles. The second-order valence-corrected chi connectivity index (χ2v) is 4.88. The van der Waals surface area contributed by atoms with E-state index < -0.39 is 0 Å². The fourth-order valence-electron chi connectivity index (χ4n) is 2.43. The van der Waals surface area contributed by atoms with Gasteiger partial charge in [-0.15, -0.1) is 4.91 Å². The molecular weight excluding hydrogens is 262 g/mol. The number of aryl methyl sites for hydroxylation is 1. The molecule has 3 aromatic rings. The first kappa shape index (κ1) is 13.2. The summed E-state index contributed by atoms with van der Waals surface area (Å²) in [6.45, 7) is 2.42. The normalized spacial score (nSPS) is 10.5. The predicted molar refractivity (Wildman–Crippen MR) is 83.4 cm³/mol. The second-order valence-electron chi connectivity index (χ2n) is 4.88. The quantitative estimate of drug-likeness (QED) is 0.667. The Balaban J connectivity index is 2.11. The predicted octanol–water partition coefficient (Wildman–Crippen LogP) is 4.30. The van der Waals surface area contributed by atoms with E-state index in [1.54, 1.807) is 0 Å². The molecule has 0 fully saturated rings. The average Bonchev–Trinajstić information content (AvgIpc) is 2.84. The third-order valence-corrected chi connectivity index (χ3v) is 3.41. The lowest BCUT2D eigenvalue weighted by atomic mass is 10.1. The minimum absolute atomic E-state index is 0.414. The third kappa shape index (κ3) is 2.60. The molecule has 1 heterocycles. The van der Waals surface area contributed by atoms with E-state index in [9.17, 15) is 4.91 Å². The maximum absolute atomic E-state index is 11.2. The Kier molecular flexibility index (Phi) is 3.60. The van der Waals surface area contributed by atoms with Crippen molar-refractivity contribution in [3.8, 4) is 11.3 Å². The van der Waals surface area contributed by atoms with Gasteiger partial charge in [0.2, 0.25) is 0 Å². The highest BCUT2D eigenvalue weighted by Gasteiger charge is 2.17. The molecule has 0 radical (unpaired) electrons. The van der Waals surface area contributed by atoms with Crippen molar-refractivity contribution >= 4 is 5.69 Å². The number of nitroso groups, excluding NO2 is 1. The van der Waals surface area contributed by atoms with E-state index >= 15 is 0 Å². The minimum Gasteiger partial charge on any atom is -0.258 e. The lowest BCUT2D eigenvalue weighted by Crippen LogP contribution is -2.03. The largest absolute Gasteiger partial charge is 0.258 e. The molecule has 104 valence electrons. The molecule has 0 spiro atoms. The molecule has 0 saturated heterocycles. The standard InChI is InChI=1S/C17H15N3O/c1-13-16(19-21)17(15-10-6-3-7-11-15)20(18-13)12-14-8-4-2-5-9-14/h2-11H,12H2,1H3. The van der Waals surface area contributed by atoms with Crippen LogP contribution in [-0.4, -0.2) is 9.78 Å². The van der Waals surface area contributed by atoms with Gasteiger partial charge in [0.25, 0.3) is 0 Å². The molecular formula is C17H15N3O. The molecule has 4 nitrogen and oxygen atoms in total. The zero-order valence-corrected chi connectivity index (χ0v) is 11.7. The number of nitrogens with zero attached hydrogens (tertiary/aromatic N) is 3. The smallest absolute Gasteiger partial charge is 0.156 e. The zero-order chi connectivity index (χ0) is 14.7. The molecule has 1 aromatic heterocycles. The topological polar surface area (TPSA) is 47.2 Å². The van der Waals surface area contributed by atoms with Gasteiger partial charge in [-0.1, -0.05) is 60.7 Å². The Bertz CT molecular complexity index is 748. The van der Waals surface area contributed by atoms with Crippen LogP contribution in [0.4, 0.5) is 5.69 Å². The highest BCUT2D eigenvalue weighted by atomic mass is 16.3. The van der Waals surface area contributed by atoms with Crippen LogP contribution in [0.1, 0.15) is 11.3 Å². The summed E-state index contributed by atoms with van der Waals surface area (Å²) in [7, 11) is 0. The number of benzene rings is 2. The van der Waals surface area contributed by atoms with Crippen LogP contribution in [0.2, 0.25) is 0 Å². The Hall–Kier alpha value is -2.75. The van der Waals surface area contributed by atoms with E-state index in [0.717, 1.165) is 16.8 Å². The monoisotopic (exact) mass is 277 g/mol. The molecule has 2 aromatic carbocycles.